The fourth-order valence-corrected chi connectivity index (χ4v) is 3.56. The molecule has 0 unspecified atom stereocenters. The number of amides is 1. The van der Waals surface area contributed by atoms with E-state index in [1.807, 2.05) is 24.3 Å². The maximum absolute atomic E-state index is 12.6. The van der Waals surface area contributed by atoms with Gasteiger partial charge in [-0.05, 0) is 30.7 Å². The summed E-state index contributed by atoms with van der Waals surface area (Å²) in [7, 11) is 3.17. The van der Waals surface area contributed by atoms with Gasteiger partial charge in [-0.15, -0.1) is 11.3 Å². The van der Waals surface area contributed by atoms with Gasteiger partial charge in [-0.2, -0.15) is 0 Å². The van der Waals surface area contributed by atoms with E-state index in [-0.39, 0.29) is 19.1 Å². The molecule has 5 nitrogen and oxygen atoms in total. The SMILES string of the molecule is COc1ccc(CN(CCO)C(=O)CCc2ccc(Cl)s2)c(OC)c1. The average molecular weight is 384 g/mol. The fourth-order valence-electron chi connectivity index (χ4n) is 2.48. The van der Waals surface area contributed by atoms with Gasteiger partial charge in [0, 0.05) is 36.0 Å². The Bertz CT molecular complexity index is 704. The zero-order valence-corrected chi connectivity index (χ0v) is 15.9. The van der Waals surface area contributed by atoms with Crippen molar-refractivity contribution >= 4 is 28.8 Å². The monoisotopic (exact) mass is 383 g/mol. The molecule has 0 radical (unpaired) electrons. The highest BCUT2D eigenvalue weighted by Crippen LogP contribution is 2.26. The van der Waals surface area contributed by atoms with Crippen molar-refractivity contribution in [3.63, 3.8) is 0 Å². The number of ether oxygens (including phenoxy) is 2. The molecule has 0 saturated carbocycles. The second kappa shape index (κ2) is 9.65. The summed E-state index contributed by atoms with van der Waals surface area (Å²) in [5, 5.41) is 9.30. The Labute approximate surface area is 156 Å². The van der Waals surface area contributed by atoms with Gasteiger partial charge in [0.1, 0.15) is 11.5 Å². The molecule has 0 fully saturated rings. The molecule has 2 aromatic rings. The molecule has 1 aromatic carbocycles. The highest BCUT2D eigenvalue weighted by atomic mass is 35.5. The zero-order chi connectivity index (χ0) is 18.2. The van der Waals surface area contributed by atoms with E-state index in [1.165, 1.54) is 11.3 Å². The van der Waals surface area contributed by atoms with Gasteiger partial charge in [-0.3, -0.25) is 4.79 Å². The second-order valence-corrected chi connectivity index (χ2v) is 7.22. The van der Waals surface area contributed by atoms with E-state index in [1.54, 1.807) is 25.2 Å². The smallest absolute Gasteiger partial charge is 0.223 e. The third kappa shape index (κ3) is 5.63. The predicted octanol–water partition coefficient (Wildman–Crippen LogP) is 3.37. The summed E-state index contributed by atoms with van der Waals surface area (Å²) in [5.41, 5.74) is 0.865. The van der Waals surface area contributed by atoms with Crippen LogP contribution in [0.15, 0.2) is 30.3 Å². The molecule has 1 heterocycles. The lowest BCUT2D eigenvalue weighted by atomic mass is 10.1. The molecule has 1 amide bonds. The number of carbonyl (C=O) groups is 1. The Kier molecular flexibility index (Phi) is 7.55. The van der Waals surface area contributed by atoms with Crippen LogP contribution >= 0.6 is 22.9 Å². The molecule has 0 aliphatic heterocycles. The van der Waals surface area contributed by atoms with Crippen LogP contribution in [0, 0.1) is 0 Å². The molecule has 25 heavy (non-hydrogen) atoms. The van der Waals surface area contributed by atoms with Crippen molar-refractivity contribution in [2.75, 3.05) is 27.4 Å². The standard InChI is InChI=1S/C18H22ClNO4S/c1-23-14-4-3-13(16(11-14)24-2)12-20(9-10-21)18(22)8-6-15-5-7-17(19)25-15/h3-5,7,11,21H,6,8-10,12H2,1-2H3. The number of benzene rings is 1. The number of aryl methyl sites for hydroxylation is 1. The van der Waals surface area contributed by atoms with Gasteiger partial charge < -0.3 is 19.5 Å². The topological polar surface area (TPSA) is 59.0 Å². The molecule has 1 aromatic heterocycles. The van der Waals surface area contributed by atoms with Crippen LogP contribution in [-0.4, -0.2) is 43.3 Å². The third-order valence-electron chi connectivity index (χ3n) is 3.79. The lowest BCUT2D eigenvalue weighted by Gasteiger charge is -2.23. The van der Waals surface area contributed by atoms with Gasteiger partial charge in [-0.25, -0.2) is 0 Å². The molecule has 0 bridgehead atoms. The number of nitrogens with zero attached hydrogens (tertiary/aromatic N) is 1. The summed E-state index contributed by atoms with van der Waals surface area (Å²) in [6, 6.07) is 9.24. The highest BCUT2D eigenvalue weighted by Gasteiger charge is 2.16. The quantitative estimate of drug-likeness (QED) is 0.721. The number of rotatable bonds is 9. The second-order valence-electron chi connectivity index (χ2n) is 5.42. The average Bonchev–Trinajstić information content (AvgIpc) is 3.04. The fraction of sp³-hybridized carbons (Fsp3) is 0.389. The van der Waals surface area contributed by atoms with Crippen molar-refractivity contribution in [3.05, 3.63) is 45.1 Å². The molecule has 136 valence electrons. The van der Waals surface area contributed by atoms with Gasteiger partial charge in [0.2, 0.25) is 5.91 Å². The van der Waals surface area contributed by atoms with Crippen molar-refractivity contribution in [1.82, 2.24) is 4.90 Å². The van der Waals surface area contributed by atoms with Gasteiger partial charge >= 0.3 is 0 Å². The number of thiophene rings is 1. The lowest BCUT2D eigenvalue weighted by molar-refractivity contribution is -0.132. The van der Waals surface area contributed by atoms with Crippen LogP contribution in [0.4, 0.5) is 0 Å². The summed E-state index contributed by atoms with van der Waals surface area (Å²) in [6.07, 6.45) is 1.01. The van der Waals surface area contributed by atoms with E-state index in [0.29, 0.717) is 30.9 Å². The van der Waals surface area contributed by atoms with Crippen LogP contribution in [0.2, 0.25) is 4.34 Å². The number of aliphatic hydroxyl groups is 1. The van der Waals surface area contributed by atoms with Gasteiger partial charge in [0.15, 0.2) is 0 Å². The first-order valence-electron chi connectivity index (χ1n) is 7.91. The molecule has 2 rings (SSSR count). The minimum absolute atomic E-state index is 0.0172. The maximum Gasteiger partial charge on any atom is 0.223 e. The summed E-state index contributed by atoms with van der Waals surface area (Å²) >= 11 is 7.40. The Morgan fingerprint density at radius 1 is 1.24 bits per heavy atom. The number of hydrogen-bond donors (Lipinski definition) is 1. The number of methoxy groups -OCH3 is 2. The number of halogens is 1. The highest BCUT2D eigenvalue weighted by molar-refractivity contribution is 7.16. The minimum atomic E-state index is -0.0883. The van der Waals surface area contributed by atoms with Gasteiger partial charge in [0.05, 0.1) is 25.2 Å². The van der Waals surface area contributed by atoms with E-state index in [4.69, 9.17) is 21.1 Å². The van der Waals surface area contributed by atoms with Crippen molar-refractivity contribution in [2.45, 2.75) is 19.4 Å². The van der Waals surface area contributed by atoms with Crippen LogP contribution in [0.3, 0.4) is 0 Å². The number of aliphatic hydroxyl groups excluding tert-OH is 1. The largest absolute Gasteiger partial charge is 0.497 e. The van der Waals surface area contributed by atoms with Crippen molar-refractivity contribution in [2.24, 2.45) is 0 Å². The molecule has 0 saturated heterocycles. The Morgan fingerprint density at radius 2 is 2.04 bits per heavy atom. The van der Waals surface area contributed by atoms with E-state index in [9.17, 15) is 9.90 Å². The molecule has 0 spiro atoms. The molecule has 0 atom stereocenters. The molecule has 7 heteroatoms. The van der Waals surface area contributed by atoms with Gasteiger partial charge in [-0.1, -0.05) is 11.6 Å². The summed E-state index contributed by atoms with van der Waals surface area (Å²) < 4.78 is 11.3. The minimum Gasteiger partial charge on any atom is -0.497 e. The summed E-state index contributed by atoms with van der Waals surface area (Å²) in [4.78, 5) is 15.3. The van der Waals surface area contributed by atoms with E-state index < -0.39 is 0 Å². The van der Waals surface area contributed by atoms with Gasteiger partial charge in [0.25, 0.3) is 0 Å². The Hall–Kier alpha value is -1.76. The van der Waals surface area contributed by atoms with Crippen LogP contribution in [0.25, 0.3) is 0 Å². The molecule has 0 aliphatic rings. The predicted molar refractivity (Wildman–Crippen MR) is 99.7 cm³/mol. The maximum atomic E-state index is 12.6. The number of hydrogen-bond acceptors (Lipinski definition) is 5. The van der Waals surface area contributed by atoms with Crippen molar-refractivity contribution < 1.29 is 19.4 Å². The Morgan fingerprint density at radius 3 is 2.64 bits per heavy atom. The molecular formula is C18H22ClNO4S. The first kappa shape index (κ1) is 19.6. The van der Waals surface area contributed by atoms with Crippen LogP contribution in [-0.2, 0) is 17.8 Å². The summed E-state index contributed by atoms with van der Waals surface area (Å²) in [5.74, 6) is 1.33. The normalized spacial score (nSPS) is 10.6. The number of carbonyl (C=O) groups excluding carboxylic acids is 1. The first-order chi connectivity index (χ1) is 12.1. The van der Waals surface area contributed by atoms with E-state index in [2.05, 4.69) is 0 Å². The van der Waals surface area contributed by atoms with Crippen molar-refractivity contribution in [1.29, 1.82) is 0 Å². The zero-order valence-electron chi connectivity index (χ0n) is 14.3. The molecule has 1 N–H and O–H groups in total. The van der Waals surface area contributed by atoms with Crippen LogP contribution in [0.1, 0.15) is 16.9 Å². The summed E-state index contributed by atoms with van der Waals surface area (Å²) in [6.45, 7) is 0.562. The van der Waals surface area contributed by atoms with Crippen molar-refractivity contribution in [3.8, 4) is 11.5 Å². The molecule has 0 aliphatic carbocycles. The van der Waals surface area contributed by atoms with E-state index >= 15 is 0 Å². The van der Waals surface area contributed by atoms with Crippen LogP contribution in [0.5, 0.6) is 11.5 Å². The lowest BCUT2D eigenvalue weighted by Crippen LogP contribution is -2.33. The van der Waals surface area contributed by atoms with E-state index in [0.717, 1.165) is 14.8 Å². The van der Waals surface area contributed by atoms with Crippen LogP contribution < -0.4 is 9.47 Å². The third-order valence-corrected chi connectivity index (χ3v) is 5.08. The Balaban J connectivity index is 2.05. The molecular weight excluding hydrogens is 362 g/mol. The first-order valence-corrected chi connectivity index (χ1v) is 9.10.